The number of ether oxygens (including phenoxy) is 2. The monoisotopic (exact) mass is 324 g/mol. The minimum absolute atomic E-state index is 0.00766. The molecule has 0 atom stereocenters. The van der Waals surface area contributed by atoms with Gasteiger partial charge in [0.15, 0.2) is 17.3 Å². The van der Waals surface area contributed by atoms with Crippen LogP contribution in [0.25, 0.3) is 16.7 Å². The third-order valence-corrected chi connectivity index (χ3v) is 3.16. The molecular weight excluding hydrogens is 313 g/mol. The van der Waals surface area contributed by atoms with Gasteiger partial charge in [0.25, 0.3) is 0 Å². The number of alkyl halides is 3. The molecule has 0 radical (unpaired) electrons. The van der Waals surface area contributed by atoms with Gasteiger partial charge in [-0.1, -0.05) is 0 Å². The fourth-order valence-electron chi connectivity index (χ4n) is 2.14. The van der Waals surface area contributed by atoms with Crippen LogP contribution in [-0.4, -0.2) is 34.0 Å². The fourth-order valence-corrected chi connectivity index (χ4v) is 2.14. The lowest BCUT2D eigenvalue weighted by Gasteiger charge is -2.13. The maximum Gasteiger partial charge on any atom is 0.451 e. The molecule has 0 aliphatic carbocycles. The van der Waals surface area contributed by atoms with E-state index in [4.69, 9.17) is 9.47 Å². The predicted molar refractivity (Wildman–Crippen MR) is 74.8 cm³/mol. The SMILES string of the molecule is COc1cc2nc(C(F)(F)F)nc(-n3cccn3)c2cc1OC. The van der Waals surface area contributed by atoms with Crippen LogP contribution in [0.15, 0.2) is 30.6 Å². The molecule has 23 heavy (non-hydrogen) atoms. The van der Waals surface area contributed by atoms with Crippen LogP contribution in [0.3, 0.4) is 0 Å². The van der Waals surface area contributed by atoms with Crippen molar-refractivity contribution in [2.45, 2.75) is 6.18 Å². The van der Waals surface area contributed by atoms with E-state index in [1.54, 1.807) is 6.07 Å². The summed E-state index contributed by atoms with van der Waals surface area (Å²) in [4.78, 5) is 7.20. The molecule has 0 aliphatic heterocycles. The van der Waals surface area contributed by atoms with E-state index in [9.17, 15) is 13.2 Å². The van der Waals surface area contributed by atoms with Gasteiger partial charge in [-0.2, -0.15) is 18.3 Å². The first-order valence-electron chi connectivity index (χ1n) is 6.45. The van der Waals surface area contributed by atoms with Crippen LogP contribution < -0.4 is 9.47 Å². The van der Waals surface area contributed by atoms with Crippen molar-refractivity contribution in [3.8, 4) is 17.3 Å². The Morgan fingerprint density at radius 3 is 2.30 bits per heavy atom. The topological polar surface area (TPSA) is 62.1 Å². The maximum atomic E-state index is 13.1. The van der Waals surface area contributed by atoms with Crippen LogP contribution in [0.1, 0.15) is 5.82 Å². The molecule has 3 aromatic rings. The molecule has 0 amide bonds. The molecule has 2 heterocycles. The normalized spacial score (nSPS) is 11.7. The summed E-state index contributed by atoms with van der Waals surface area (Å²) >= 11 is 0. The second-order valence-corrected chi connectivity index (χ2v) is 4.54. The first kappa shape index (κ1) is 15.1. The van der Waals surface area contributed by atoms with E-state index in [2.05, 4.69) is 15.1 Å². The minimum atomic E-state index is -4.68. The zero-order valence-electron chi connectivity index (χ0n) is 12.1. The number of benzene rings is 1. The summed E-state index contributed by atoms with van der Waals surface area (Å²) in [5.41, 5.74) is 0.0791. The first-order valence-corrected chi connectivity index (χ1v) is 6.45. The van der Waals surface area contributed by atoms with Crippen LogP contribution in [0, 0.1) is 0 Å². The Morgan fingerprint density at radius 1 is 1.04 bits per heavy atom. The lowest BCUT2D eigenvalue weighted by atomic mass is 10.2. The van der Waals surface area contributed by atoms with Gasteiger partial charge in [-0.25, -0.2) is 14.6 Å². The Balaban J connectivity index is 2.37. The predicted octanol–water partition coefficient (Wildman–Crippen LogP) is 2.85. The Bertz CT molecular complexity index is 847. The number of methoxy groups -OCH3 is 2. The average molecular weight is 324 g/mol. The highest BCUT2D eigenvalue weighted by atomic mass is 19.4. The van der Waals surface area contributed by atoms with Crippen molar-refractivity contribution in [2.75, 3.05) is 14.2 Å². The summed E-state index contributed by atoms with van der Waals surface area (Å²) in [6.45, 7) is 0. The molecule has 0 N–H and O–H groups in total. The molecule has 3 rings (SSSR count). The van der Waals surface area contributed by atoms with Crippen LogP contribution in [-0.2, 0) is 6.18 Å². The van der Waals surface area contributed by atoms with Crippen LogP contribution in [0.2, 0.25) is 0 Å². The van der Waals surface area contributed by atoms with Gasteiger partial charge in [-0.05, 0) is 12.1 Å². The zero-order valence-corrected chi connectivity index (χ0v) is 12.1. The summed E-state index contributed by atoms with van der Waals surface area (Å²) < 4.78 is 50.7. The van der Waals surface area contributed by atoms with Gasteiger partial charge in [-0.3, -0.25) is 0 Å². The van der Waals surface area contributed by atoms with Crippen LogP contribution in [0.4, 0.5) is 13.2 Å². The molecule has 2 aromatic heterocycles. The van der Waals surface area contributed by atoms with Gasteiger partial charge in [0, 0.05) is 23.8 Å². The third-order valence-electron chi connectivity index (χ3n) is 3.16. The summed E-state index contributed by atoms with van der Waals surface area (Å²) in [6.07, 6.45) is -1.73. The van der Waals surface area contributed by atoms with Crippen molar-refractivity contribution in [1.82, 2.24) is 19.7 Å². The van der Waals surface area contributed by atoms with E-state index in [0.29, 0.717) is 11.1 Å². The van der Waals surface area contributed by atoms with Gasteiger partial charge in [0.1, 0.15) is 0 Å². The zero-order chi connectivity index (χ0) is 16.6. The fraction of sp³-hybridized carbons (Fsp3) is 0.214. The van der Waals surface area contributed by atoms with E-state index in [-0.39, 0.29) is 17.1 Å². The van der Waals surface area contributed by atoms with Gasteiger partial charge >= 0.3 is 6.18 Å². The lowest BCUT2D eigenvalue weighted by molar-refractivity contribution is -0.144. The number of fused-ring (bicyclic) bond motifs is 1. The average Bonchev–Trinajstić information content (AvgIpc) is 3.05. The van der Waals surface area contributed by atoms with Gasteiger partial charge in [0.05, 0.1) is 19.7 Å². The smallest absolute Gasteiger partial charge is 0.451 e. The second kappa shape index (κ2) is 5.41. The standard InChI is InChI=1S/C14H11F3N4O2/c1-22-10-6-8-9(7-11(10)23-2)19-13(14(15,16)17)20-12(8)21-5-3-4-18-21/h3-7H,1-2H3. The lowest BCUT2D eigenvalue weighted by Crippen LogP contribution is -2.14. The molecular formula is C14H11F3N4O2. The molecule has 0 bridgehead atoms. The molecule has 0 saturated carbocycles. The van der Waals surface area contributed by atoms with E-state index >= 15 is 0 Å². The van der Waals surface area contributed by atoms with E-state index in [1.807, 2.05) is 0 Å². The molecule has 6 nitrogen and oxygen atoms in total. The van der Waals surface area contributed by atoms with Crippen molar-refractivity contribution in [2.24, 2.45) is 0 Å². The largest absolute Gasteiger partial charge is 0.493 e. The van der Waals surface area contributed by atoms with E-state index < -0.39 is 12.0 Å². The van der Waals surface area contributed by atoms with Crippen molar-refractivity contribution < 1.29 is 22.6 Å². The Hall–Kier alpha value is -2.84. The molecule has 0 aliphatic rings. The number of halogens is 3. The summed E-state index contributed by atoms with van der Waals surface area (Å²) in [5.74, 6) is -0.606. The highest BCUT2D eigenvalue weighted by molar-refractivity contribution is 5.88. The van der Waals surface area contributed by atoms with Crippen molar-refractivity contribution >= 4 is 10.9 Å². The van der Waals surface area contributed by atoms with Gasteiger partial charge < -0.3 is 9.47 Å². The number of rotatable bonds is 3. The molecule has 1 aromatic carbocycles. The van der Waals surface area contributed by atoms with Crippen LogP contribution in [0.5, 0.6) is 11.5 Å². The summed E-state index contributed by atoms with van der Waals surface area (Å²) in [7, 11) is 2.83. The third kappa shape index (κ3) is 2.65. The number of hydrogen-bond acceptors (Lipinski definition) is 5. The quantitative estimate of drug-likeness (QED) is 0.741. The van der Waals surface area contributed by atoms with Crippen molar-refractivity contribution in [1.29, 1.82) is 0 Å². The van der Waals surface area contributed by atoms with E-state index in [0.717, 1.165) is 0 Å². The molecule has 120 valence electrons. The Kier molecular flexibility index (Phi) is 3.55. The maximum absolute atomic E-state index is 13.1. The number of nitrogens with zero attached hydrogens (tertiary/aromatic N) is 4. The number of hydrogen-bond donors (Lipinski definition) is 0. The van der Waals surface area contributed by atoms with Crippen molar-refractivity contribution in [3.63, 3.8) is 0 Å². The first-order chi connectivity index (χ1) is 10.9. The minimum Gasteiger partial charge on any atom is -0.493 e. The summed E-state index contributed by atoms with van der Waals surface area (Å²) in [6, 6.07) is 4.48. The molecule has 9 heteroatoms. The molecule has 0 fully saturated rings. The van der Waals surface area contributed by atoms with Crippen molar-refractivity contribution in [3.05, 3.63) is 36.4 Å². The second-order valence-electron chi connectivity index (χ2n) is 4.54. The highest BCUT2D eigenvalue weighted by Crippen LogP contribution is 2.35. The van der Waals surface area contributed by atoms with E-state index in [1.165, 1.54) is 43.4 Å². The van der Waals surface area contributed by atoms with Crippen LogP contribution >= 0.6 is 0 Å². The summed E-state index contributed by atoms with van der Waals surface area (Å²) in [5, 5.41) is 4.31. The molecule has 0 spiro atoms. The van der Waals surface area contributed by atoms with Gasteiger partial charge in [-0.15, -0.1) is 0 Å². The highest BCUT2D eigenvalue weighted by Gasteiger charge is 2.36. The molecule has 0 saturated heterocycles. The van der Waals surface area contributed by atoms with Gasteiger partial charge in [0.2, 0.25) is 5.82 Å². The molecule has 0 unspecified atom stereocenters. The Labute approximate surface area is 128 Å². The number of aromatic nitrogens is 4. The Morgan fingerprint density at radius 2 is 1.74 bits per heavy atom.